The Morgan fingerprint density at radius 1 is 1.13 bits per heavy atom. The molecular formula is C21H22ClF4N3O. The van der Waals surface area contributed by atoms with Gasteiger partial charge < -0.3 is 5.32 Å². The van der Waals surface area contributed by atoms with Gasteiger partial charge in [-0.1, -0.05) is 29.8 Å². The molecule has 0 radical (unpaired) electrons. The van der Waals surface area contributed by atoms with Crippen LogP contribution in [-0.4, -0.2) is 47.9 Å². The number of carbonyl (C=O) groups excluding carboxylic acids is 1. The van der Waals surface area contributed by atoms with E-state index in [9.17, 15) is 22.4 Å². The summed E-state index contributed by atoms with van der Waals surface area (Å²) in [5, 5.41) is 2.78. The largest absolute Gasteiger partial charge is 0.418 e. The number of nitrogens with zero attached hydrogens (tertiary/aromatic N) is 2. The van der Waals surface area contributed by atoms with E-state index in [1.165, 1.54) is 30.3 Å². The molecule has 0 spiro atoms. The first-order valence-corrected chi connectivity index (χ1v) is 9.90. The number of halogens is 5. The minimum atomic E-state index is -4.54. The average molecular weight is 444 g/mol. The third-order valence-corrected chi connectivity index (χ3v) is 5.59. The molecule has 0 saturated carbocycles. The van der Waals surface area contributed by atoms with E-state index in [1.807, 2.05) is 4.90 Å². The van der Waals surface area contributed by atoms with Gasteiger partial charge in [-0.3, -0.25) is 14.6 Å². The number of anilines is 1. The maximum atomic E-state index is 13.2. The summed E-state index contributed by atoms with van der Waals surface area (Å²) in [7, 11) is 0. The van der Waals surface area contributed by atoms with E-state index in [1.54, 1.807) is 13.0 Å². The number of hydrogen-bond donors (Lipinski definition) is 1. The molecule has 4 nitrogen and oxygen atoms in total. The highest BCUT2D eigenvalue weighted by Crippen LogP contribution is 2.34. The predicted octanol–water partition coefficient (Wildman–Crippen LogP) is 4.64. The maximum Gasteiger partial charge on any atom is 0.418 e. The summed E-state index contributed by atoms with van der Waals surface area (Å²) in [5.41, 5.74) is -0.293. The van der Waals surface area contributed by atoms with Crippen LogP contribution < -0.4 is 5.32 Å². The van der Waals surface area contributed by atoms with Gasteiger partial charge in [0, 0.05) is 37.7 Å². The van der Waals surface area contributed by atoms with Crippen LogP contribution in [0.5, 0.6) is 0 Å². The van der Waals surface area contributed by atoms with E-state index < -0.39 is 23.7 Å². The van der Waals surface area contributed by atoms with Crippen LogP contribution in [-0.2, 0) is 17.5 Å². The SMILES string of the molecule is CC(C(=O)Nc1ccccc1C(F)(F)F)N1CCN(Cc2ccc(F)cc2Cl)CC1. The molecule has 1 fully saturated rings. The van der Waals surface area contributed by atoms with Crippen LogP contribution in [0.1, 0.15) is 18.1 Å². The summed E-state index contributed by atoms with van der Waals surface area (Å²) in [4.78, 5) is 16.6. The van der Waals surface area contributed by atoms with Crippen molar-refractivity contribution in [1.82, 2.24) is 9.80 Å². The molecule has 1 heterocycles. The molecule has 0 aliphatic carbocycles. The van der Waals surface area contributed by atoms with Gasteiger partial charge in [0.15, 0.2) is 0 Å². The monoisotopic (exact) mass is 443 g/mol. The van der Waals surface area contributed by atoms with Crippen molar-refractivity contribution in [2.24, 2.45) is 0 Å². The molecule has 162 valence electrons. The Hall–Kier alpha value is -2.16. The Kier molecular flexibility index (Phi) is 7.00. The van der Waals surface area contributed by atoms with Crippen molar-refractivity contribution in [3.05, 3.63) is 64.4 Å². The zero-order chi connectivity index (χ0) is 21.9. The minimum absolute atomic E-state index is 0.244. The quantitative estimate of drug-likeness (QED) is 0.684. The fraction of sp³-hybridized carbons (Fsp3) is 0.381. The maximum absolute atomic E-state index is 13.2. The number of hydrogen-bond acceptors (Lipinski definition) is 3. The van der Waals surface area contributed by atoms with Crippen LogP contribution in [0.3, 0.4) is 0 Å². The number of amides is 1. The molecule has 1 aliphatic heterocycles. The van der Waals surface area contributed by atoms with Crippen molar-refractivity contribution >= 4 is 23.2 Å². The third-order valence-electron chi connectivity index (χ3n) is 5.23. The molecule has 1 unspecified atom stereocenters. The molecule has 1 saturated heterocycles. The summed E-state index contributed by atoms with van der Waals surface area (Å²) in [6.07, 6.45) is -4.54. The molecular weight excluding hydrogens is 422 g/mol. The van der Waals surface area contributed by atoms with Gasteiger partial charge in [0.2, 0.25) is 5.91 Å². The van der Waals surface area contributed by atoms with E-state index in [4.69, 9.17) is 11.6 Å². The zero-order valence-corrected chi connectivity index (χ0v) is 17.1. The second-order valence-corrected chi connectivity index (χ2v) is 7.66. The summed E-state index contributed by atoms with van der Waals surface area (Å²) in [6, 6.07) is 8.64. The van der Waals surface area contributed by atoms with Crippen LogP contribution in [0.4, 0.5) is 23.2 Å². The van der Waals surface area contributed by atoms with E-state index >= 15 is 0 Å². The lowest BCUT2D eigenvalue weighted by molar-refractivity contribution is -0.137. The Morgan fingerprint density at radius 2 is 1.80 bits per heavy atom. The molecule has 1 N–H and O–H groups in total. The number of para-hydroxylation sites is 1. The lowest BCUT2D eigenvalue weighted by Gasteiger charge is -2.37. The first kappa shape index (κ1) is 22.5. The number of carbonyl (C=O) groups is 1. The first-order valence-electron chi connectivity index (χ1n) is 9.52. The molecule has 2 aromatic carbocycles. The highest BCUT2D eigenvalue weighted by Gasteiger charge is 2.34. The normalized spacial score (nSPS) is 17.0. The van der Waals surface area contributed by atoms with Crippen molar-refractivity contribution in [2.75, 3.05) is 31.5 Å². The van der Waals surface area contributed by atoms with E-state index in [-0.39, 0.29) is 11.5 Å². The highest BCUT2D eigenvalue weighted by atomic mass is 35.5. The minimum Gasteiger partial charge on any atom is -0.324 e. The van der Waals surface area contributed by atoms with Crippen molar-refractivity contribution in [1.29, 1.82) is 0 Å². The van der Waals surface area contributed by atoms with Crippen molar-refractivity contribution in [2.45, 2.75) is 25.7 Å². The molecule has 9 heteroatoms. The van der Waals surface area contributed by atoms with Crippen LogP contribution >= 0.6 is 11.6 Å². The van der Waals surface area contributed by atoms with Crippen molar-refractivity contribution in [3.8, 4) is 0 Å². The zero-order valence-electron chi connectivity index (χ0n) is 16.3. The van der Waals surface area contributed by atoms with Crippen molar-refractivity contribution < 1.29 is 22.4 Å². The summed E-state index contributed by atoms with van der Waals surface area (Å²) >= 11 is 6.08. The van der Waals surface area contributed by atoms with E-state index in [0.717, 1.165) is 11.6 Å². The summed E-state index contributed by atoms with van der Waals surface area (Å²) in [5.74, 6) is -0.873. The fourth-order valence-electron chi connectivity index (χ4n) is 3.44. The number of nitrogens with one attached hydrogen (secondary N) is 1. The Balaban J connectivity index is 1.56. The number of alkyl halides is 3. The lowest BCUT2D eigenvalue weighted by Crippen LogP contribution is -2.52. The smallest absolute Gasteiger partial charge is 0.324 e. The highest BCUT2D eigenvalue weighted by molar-refractivity contribution is 6.31. The van der Waals surface area contributed by atoms with Gasteiger partial charge in [-0.2, -0.15) is 13.2 Å². The number of piperazine rings is 1. The van der Waals surface area contributed by atoms with E-state index in [2.05, 4.69) is 10.2 Å². The molecule has 30 heavy (non-hydrogen) atoms. The lowest BCUT2D eigenvalue weighted by atomic mass is 10.1. The first-order chi connectivity index (χ1) is 14.1. The van der Waals surface area contributed by atoms with Gasteiger partial charge >= 0.3 is 6.18 Å². The van der Waals surface area contributed by atoms with Crippen LogP contribution in [0.15, 0.2) is 42.5 Å². The average Bonchev–Trinajstić information content (AvgIpc) is 2.69. The molecule has 0 aromatic heterocycles. The Labute approximate surface area is 177 Å². The predicted molar refractivity (Wildman–Crippen MR) is 108 cm³/mol. The van der Waals surface area contributed by atoms with Gasteiger partial charge in [-0.25, -0.2) is 4.39 Å². The van der Waals surface area contributed by atoms with Gasteiger partial charge in [-0.15, -0.1) is 0 Å². The molecule has 1 amide bonds. The van der Waals surface area contributed by atoms with Crippen LogP contribution in [0.25, 0.3) is 0 Å². The second kappa shape index (κ2) is 9.32. The molecule has 0 bridgehead atoms. The van der Waals surface area contributed by atoms with Gasteiger partial charge in [-0.05, 0) is 36.8 Å². The van der Waals surface area contributed by atoms with Gasteiger partial charge in [0.05, 0.1) is 17.3 Å². The second-order valence-electron chi connectivity index (χ2n) is 7.26. The number of benzene rings is 2. The topological polar surface area (TPSA) is 35.6 Å². The van der Waals surface area contributed by atoms with Gasteiger partial charge in [0.1, 0.15) is 5.82 Å². The molecule has 2 aromatic rings. The molecule has 1 atom stereocenters. The Morgan fingerprint density at radius 3 is 2.43 bits per heavy atom. The Bertz CT molecular complexity index is 898. The van der Waals surface area contributed by atoms with Crippen molar-refractivity contribution in [3.63, 3.8) is 0 Å². The number of rotatable bonds is 5. The van der Waals surface area contributed by atoms with E-state index in [0.29, 0.717) is 37.7 Å². The molecule has 1 aliphatic rings. The van der Waals surface area contributed by atoms with Crippen LogP contribution in [0.2, 0.25) is 5.02 Å². The van der Waals surface area contributed by atoms with Gasteiger partial charge in [0.25, 0.3) is 0 Å². The summed E-state index contributed by atoms with van der Waals surface area (Å²) in [6.45, 7) is 4.71. The fourth-order valence-corrected chi connectivity index (χ4v) is 3.67. The van der Waals surface area contributed by atoms with Crippen LogP contribution in [0, 0.1) is 5.82 Å². The standard InChI is InChI=1S/C21H22ClF4N3O/c1-14(20(30)27-19-5-3-2-4-17(19)21(24,25)26)29-10-8-28(9-11-29)13-15-6-7-16(23)12-18(15)22/h2-7,12,14H,8-11,13H2,1H3,(H,27,30). The summed E-state index contributed by atoms with van der Waals surface area (Å²) < 4.78 is 52.6. The molecule has 3 rings (SSSR count). The third kappa shape index (κ3) is 5.50.